The first-order chi connectivity index (χ1) is 14.7. The molecular weight excluding hydrogens is 414 g/mol. The highest BCUT2D eigenvalue weighted by atomic mass is 32.2. The molecule has 160 valence electrons. The number of carbonyl (C=O) groups excluding carboxylic acids is 1. The summed E-state index contributed by atoms with van der Waals surface area (Å²) in [4.78, 5) is 12.7. The van der Waals surface area contributed by atoms with Crippen molar-refractivity contribution in [3.63, 3.8) is 0 Å². The molecule has 31 heavy (non-hydrogen) atoms. The minimum atomic E-state index is -3.55. The van der Waals surface area contributed by atoms with E-state index in [-0.39, 0.29) is 17.3 Å². The molecule has 0 saturated heterocycles. The summed E-state index contributed by atoms with van der Waals surface area (Å²) in [5.41, 5.74) is 10.4. The first-order valence-corrected chi connectivity index (χ1v) is 11.3. The van der Waals surface area contributed by atoms with Gasteiger partial charge < -0.3 is 11.1 Å². The number of carbonyl (C=O) groups is 1. The molecule has 0 aliphatic heterocycles. The minimum absolute atomic E-state index is 0.0149. The summed E-state index contributed by atoms with van der Waals surface area (Å²) in [6.07, 6.45) is 1.13. The van der Waals surface area contributed by atoms with Crippen LogP contribution in [0.2, 0.25) is 0 Å². The highest BCUT2D eigenvalue weighted by molar-refractivity contribution is 7.90. The van der Waals surface area contributed by atoms with E-state index in [0.29, 0.717) is 16.9 Å². The molecule has 0 aromatic heterocycles. The van der Waals surface area contributed by atoms with Crippen LogP contribution in [-0.4, -0.2) is 33.1 Å². The van der Waals surface area contributed by atoms with Gasteiger partial charge >= 0.3 is 6.03 Å². The monoisotopic (exact) mass is 437 g/mol. The molecule has 0 aliphatic carbocycles. The van der Waals surface area contributed by atoms with Crippen molar-refractivity contribution in [2.75, 3.05) is 23.1 Å². The number of urea groups is 1. The predicted molar refractivity (Wildman–Crippen MR) is 123 cm³/mol. The summed E-state index contributed by atoms with van der Waals surface area (Å²) < 4.78 is 24.8. The lowest BCUT2D eigenvalue weighted by Gasteiger charge is -2.25. The third-order valence-corrected chi connectivity index (χ3v) is 5.49. The van der Waals surface area contributed by atoms with Crippen LogP contribution in [0, 0.1) is 5.41 Å². The van der Waals surface area contributed by atoms with Crippen LogP contribution in [0.3, 0.4) is 0 Å². The number of para-hydroxylation sites is 1. The number of nitrogens with one attached hydrogen (secondary N) is 3. The Morgan fingerprint density at radius 1 is 1.00 bits per heavy atom. The maximum Gasteiger partial charge on any atom is 0.338 e. The fourth-order valence-electron chi connectivity index (χ4n) is 3.02. The molecule has 2 amide bonds. The molecule has 3 rings (SSSR count). The quantitative estimate of drug-likeness (QED) is 0.256. The number of nitrogens with two attached hydrogens (primary N) is 1. The number of amides is 2. The van der Waals surface area contributed by atoms with E-state index in [0.717, 1.165) is 11.8 Å². The Hall–Kier alpha value is -3.85. The second-order valence-electron chi connectivity index (χ2n) is 6.86. The standard InChI is InChI=1S/C22H23N5O3S/c1-31(29,30)20-14-17(12-13-19(20)16-8-4-2-5-9-16)25-22(28)26-27(15-21(23)24)18-10-6-3-7-11-18/h2-14H,15H2,1H3,(H3,23,24)(H2,25,26,28). The molecule has 3 aromatic carbocycles. The number of benzene rings is 3. The molecule has 0 unspecified atom stereocenters. The Morgan fingerprint density at radius 3 is 2.19 bits per heavy atom. The van der Waals surface area contributed by atoms with Crippen molar-refractivity contribution in [2.45, 2.75) is 4.90 Å². The van der Waals surface area contributed by atoms with Crippen molar-refractivity contribution >= 4 is 33.1 Å². The number of anilines is 2. The Bertz CT molecular complexity index is 1180. The molecule has 0 saturated carbocycles. The van der Waals surface area contributed by atoms with Gasteiger partial charge in [-0.15, -0.1) is 0 Å². The van der Waals surface area contributed by atoms with Crippen LogP contribution < -0.4 is 21.5 Å². The summed E-state index contributed by atoms with van der Waals surface area (Å²) in [5, 5.41) is 11.6. The second-order valence-corrected chi connectivity index (χ2v) is 8.85. The van der Waals surface area contributed by atoms with Gasteiger partial charge in [-0.1, -0.05) is 54.6 Å². The average Bonchev–Trinajstić information content (AvgIpc) is 2.73. The summed E-state index contributed by atoms with van der Waals surface area (Å²) >= 11 is 0. The zero-order valence-corrected chi connectivity index (χ0v) is 17.7. The summed E-state index contributed by atoms with van der Waals surface area (Å²) in [7, 11) is -3.55. The molecule has 0 bridgehead atoms. The highest BCUT2D eigenvalue weighted by Crippen LogP contribution is 2.30. The van der Waals surface area contributed by atoms with Gasteiger partial charge in [-0.2, -0.15) is 0 Å². The number of amidine groups is 1. The first kappa shape index (κ1) is 21.8. The van der Waals surface area contributed by atoms with Crippen LogP contribution >= 0.6 is 0 Å². The lowest BCUT2D eigenvalue weighted by molar-refractivity contribution is 0.251. The molecule has 0 spiro atoms. The number of rotatable bonds is 7. The van der Waals surface area contributed by atoms with E-state index in [1.807, 2.05) is 36.4 Å². The van der Waals surface area contributed by atoms with Crippen LogP contribution in [-0.2, 0) is 9.84 Å². The van der Waals surface area contributed by atoms with Gasteiger partial charge in [0.05, 0.1) is 17.1 Å². The predicted octanol–water partition coefficient (Wildman–Crippen LogP) is 3.24. The van der Waals surface area contributed by atoms with Crippen LogP contribution in [0.25, 0.3) is 11.1 Å². The van der Waals surface area contributed by atoms with E-state index < -0.39 is 15.9 Å². The molecule has 3 aromatic rings. The summed E-state index contributed by atoms with van der Waals surface area (Å²) in [6.45, 7) is -0.0149. The van der Waals surface area contributed by atoms with Gasteiger partial charge in [0, 0.05) is 17.5 Å². The van der Waals surface area contributed by atoms with Crippen molar-refractivity contribution in [3.8, 4) is 11.1 Å². The zero-order valence-electron chi connectivity index (χ0n) is 16.9. The molecule has 0 radical (unpaired) electrons. The number of sulfone groups is 1. The fourth-order valence-corrected chi connectivity index (χ4v) is 3.94. The lowest BCUT2D eigenvalue weighted by Crippen LogP contribution is -2.48. The third-order valence-electron chi connectivity index (χ3n) is 4.36. The van der Waals surface area contributed by atoms with Crippen molar-refractivity contribution < 1.29 is 13.2 Å². The van der Waals surface area contributed by atoms with Crippen molar-refractivity contribution in [1.82, 2.24) is 5.43 Å². The smallest absolute Gasteiger partial charge is 0.338 e. The number of hydrogen-bond acceptors (Lipinski definition) is 5. The van der Waals surface area contributed by atoms with Gasteiger partial charge in [0.15, 0.2) is 9.84 Å². The third kappa shape index (κ3) is 5.83. The van der Waals surface area contributed by atoms with E-state index in [1.165, 1.54) is 11.1 Å². The van der Waals surface area contributed by atoms with E-state index in [1.54, 1.807) is 36.4 Å². The molecule has 0 heterocycles. The van der Waals surface area contributed by atoms with Crippen molar-refractivity contribution in [3.05, 3.63) is 78.9 Å². The molecule has 9 heteroatoms. The van der Waals surface area contributed by atoms with Gasteiger partial charge in [0.2, 0.25) is 0 Å². The Labute approximate surface area is 181 Å². The number of nitrogens with zero attached hydrogens (tertiary/aromatic N) is 1. The summed E-state index contributed by atoms with van der Waals surface area (Å²) in [5.74, 6) is -0.129. The van der Waals surface area contributed by atoms with Crippen LogP contribution in [0.4, 0.5) is 16.2 Å². The van der Waals surface area contributed by atoms with Gasteiger partial charge in [-0.25, -0.2) is 18.6 Å². The highest BCUT2D eigenvalue weighted by Gasteiger charge is 2.17. The van der Waals surface area contributed by atoms with Crippen LogP contribution in [0.15, 0.2) is 83.8 Å². The molecule has 5 N–H and O–H groups in total. The maximum atomic E-state index is 12.6. The van der Waals surface area contributed by atoms with Crippen molar-refractivity contribution in [2.24, 2.45) is 5.73 Å². The first-order valence-electron chi connectivity index (χ1n) is 9.36. The van der Waals surface area contributed by atoms with Gasteiger partial charge in [0.1, 0.15) is 5.84 Å². The van der Waals surface area contributed by atoms with Crippen molar-refractivity contribution in [1.29, 1.82) is 5.41 Å². The van der Waals surface area contributed by atoms with E-state index in [4.69, 9.17) is 11.1 Å². The number of hydrogen-bond donors (Lipinski definition) is 4. The lowest BCUT2D eigenvalue weighted by atomic mass is 10.1. The van der Waals surface area contributed by atoms with Crippen LogP contribution in [0.1, 0.15) is 0 Å². The van der Waals surface area contributed by atoms with Crippen LogP contribution in [0.5, 0.6) is 0 Å². The molecule has 0 fully saturated rings. The molecule has 8 nitrogen and oxygen atoms in total. The van der Waals surface area contributed by atoms with E-state index >= 15 is 0 Å². The topological polar surface area (TPSA) is 128 Å². The minimum Gasteiger partial charge on any atom is -0.386 e. The fraction of sp³-hybridized carbons (Fsp3) is 0.0909. The Kier molecular flexibility index (Phi) is 6.56. The van der Waals surface area contributed by atoms with E-state index in [9.17, 15) is 13.2 Å². The summed E-state index contributed by atoms with van der Waals surface area (Å²) in [6, 6.07) is 22.2. The van der Waals surface area contributed by atoms with Gasteiger partial charge in [0.25, 0.3) is 0 Å². The molecule has 0 atom stereocenters. The van der Waals surface area contributed by atoms with Gasteiger partial charge in [-0.05, 0) is 29.8 Å². The Balaban J connectivity index is 1.84. The Morgan fingerprint density at radius 2 is 1.61 bits per heavy atom. The SMILES string of the molecule is CS(=O)(=O)c1cc(NC(=O)NN(CC(=N)N)c2ccccc2)ccc1-c1ccccc1. The average molecular weight is 438 g/mol. The normalized spacial score (nSPS) is 10.9. The van der Waals surface area contributed by atoms with Gasteiger partial charge in [-0.3, -0.25) is 10.4 Å². The number of hydrazine groups is 1. The maximum absolute atomic E-state index is 12.6. The van der Waals surface area contributed by atoms with E-state index in [2.05, 4.69) is 10.7 Å². The molecular formula is C22H23N5O3S. The largest absolute Gasteiger partial charge is 0.386 e. The molecule has 0 aliphatic rings. The zero-order chi connectivity index (χ0) is 22.4. The second kappa shape index (κ2) is 9.31.